The van der Waals surface area contributed by atoms with E-state index in [0.29, 0.717) is 24.5 Å². The van der Waals surface area contributed by atoms with Gasteiger partial charge in [-0.3, -0.25) is 4.79 Å². The van der Waals surface area contributed by atoms with Gasteiger partial charge in [-0.15, -0.1) is 0 Å². The molecule has 0 saturated heterocycles. The van der Waals surface area contributed by atoms with Gasteiger partial charge in [-0.25, -0.2) is 0 Å². The van der Waals surface area contributed by atoms with Crippen LogP contribution in [-0.4, -0.2) is 37.9 Å². The highest BCUT2D eigenvalue weighted by atomic mass is 79.9. The third-order valence-corrected chi connectivity index (χ3v) is 3.13. The Labute approximate surface area is 127 Å². The summed E-state index contributed by atoms with van der Waals surface area (Å²) in [5, 5.41) is 12.4. The number of methoxy groups -OCH3 is 1. The predicted molar refractivity (Wildman–Crippen MR) is 79.8 cm³/mol. The zero-order valence-electron chi connectivity index (χ0n) is 11.7. The zero-order chi connectivity index (χ0) is 15.0. The van der Waals surface area contributed by atoms with Gasteiger partial charge in [0.15, 0.2) is 6.61 Å². The number of aliphatic hydroxyl groups is 1. The number of amides is 1. The van der Waals surface area contributed by atoms with Crippen molar-refractivity contribution in [2.24, 2.45) is 0 Å². The summed E-state index contributed by atoms with van der Waals surface area (Å²) in [6.07, 6.45) is 0.112. The van der Waals surface area contributed by atoms with Crippen molar-refractivity contribution >= 4 is 21.8 Å². The molecule has 112 valence electrons. The number of carbonyl (C=O) groups is 1. The minimum atomic E-state index is -0.650. The maximum Gasteiger partial charge on any atom is 0.257 e. The van der Waals surface area contributed by atoms with Crippen LogP contribution in [0, 0.1) is 0 Å². The largest absolute Gasteiger partial charge is 0.483 e. The zero-order valence-corrected chi connectivity index (χ0v) is 13.3. The van der Waals surface area contributed by atoms with E-state index in [4.69, 9.17) is 9.47 Å². The van der Waals surface area contributed by atoms with E-state index in [-0.39, 0.29) is 12.5 Å². The second-order valence-electron chi connectivity index (χ2n) is 4.34. The average molecular weight is 346 g/mol. The molecule has 0 heterocycles. The molecular weight excluding hydrogens is 326 g/mol. The van der Waals surface area contributed by atoms with Crippen LogP contribution >= 0.6 is 15.9 Å². The van der Waals surface area contributed by atoms with Crippen LogP contribution in [0.5, 0.6) is 5.75 Å². The van der Waals surface area contributed by atoms with Crippen LogP contribution in [0.25, 0.3) is 0 Å². The van der Waals surface area contributed by atoms with E-state index in [0.717, 1.165) is 10.9 Å². The van der Waals surface area contributed by atoms with Crippen molar-refractivity contribution in [1.82, 2.24) is 5.32 Å². The number of hydrogen-bond acceptors (Lipinski definition) is 4. The van der Waals surface area contributed by atoms with Crippen molar-refractivity contribution in [3.8, 4) is 5.75 Å². The summed E-state index contributed by atoms with van der Waals surface area (Å²) in [4.78, 5) is 11.6. The van der Waals surface area contributed by atoms with E-state index in [9.17, 15) is 9.90 Å². The molecule has 5 nitrogen and oxygen atoms in total. The number of hydrogen-bond donors (Lipinski definition) is 2. The van der Waals surface area contributed by atoms with Gasteiger partial charge in [0.2, 0.25) is 0 Å². The van der Waals surface area contributed by atoms with Crippen LogP contribution in [0.4, 0.5) is 0 Å². The molecule has 1 atom stereocenters. The molecule has 0 aliphatic rings. The monoisotopic (exact) mass is 345 g/mol. The number of rotatable bonds is 8. The summed E-state index contributed by atoms with van der Waals surface area (Å²) in [5.74, 6) is 0.305. The Hall–Kier alpha value is -1.11. The fraction of sp³-hybridized carbons (Fsp3) is 0.500. The molecule has 0 aliphatic heterocycles. The van der Waals surface area contributed by atoms with Gasteiger partial charge in [0, 0.05) is 30.3 Å². The maximum absolute atomic E-state index is 11.6. The van der Waals surface area contributed by atoms with E-state index in [2.05, 4.69) is 21.2 Å². The van der Waals surface area contributed by atoms with Crippen molar-refractivity contribution in [2.45, 2.75) is 19.4 Å². The fourth-order valence-corrected chi connectivity index (χ4v) is 1.96. The highest BCUT2D eigenvalue weighted by Gasteiger charge is 2.11. The van der Waals surface area contributed by atoms with Crippen molar-refractivity contribution in [3.05, 3.63) is 28.2 Å². The molecule has 20 heavy (non-hydrogen) atoms. The molecule has 1 aromatic carbocycles. The van der Waals surface area contributed by atoms with Crippen LogP contribution in [0.1, 0.15) is 25.0 Å². The molecule has 0 aromatic heterocycles. The lowest BCUT2D eigenvalue weighted by molar-refractivity contribution is -0.123. The Morgan fingerprint density at radius 2 is 2.25 bits per heavy atom. The van der Waals surface area contributed by atoms with Gasteiger partial charge in [0.25, 0.3) is 5.91 Å². The lowest BCUT2D eigenvalue weighted by atomic mass is 10.1. The smallest absolute Gasteiger partial charge is 0.257 e. The first-order valence-electron chi connectivity index (χ1n) is 6.40. The predicted octanol–water partition coefficient (Wildman–Crippen LogP) is 2.03. The molecular formula is C14H20BrNO4. The highest BCUT2D eigenvalue weighted by molar-refractivity contribution is 9.10. The normalized spacial score (nSPS) is 12.0. The standard InChI is InChI=1S/C14H20BrNO4/c1-10(17)12-5-4-11(15)8-13(12)20-9-14(18)16-6-3-7-19-2/h4-5,8,10,17H,3,6-7,9H2,1-2H3,(H,16,18)/t10-/m0/s1. The second-order valence-corrected chi connectivity index (χ2v) is 5.26. The molecule has 6 heteroatoms. The number of halogens is 1. The summed E-state index contributed by atoms with van der Waals surface area (Å²) >= 11 is 3.34. The third kappa shape index (κ3) is 5.90. The minimum absolute atomic E-state index is 0.0802. The van der Waals surface area contributed by atoms with E-state index in [1.54, 1.807) is 26.2 Å². The first kappa shape index (κ1) is 16.9. The maximum atomic E-state index is 11.6. The van der Waals surface area contributed by atoms with Gasteiger partial charge in [0.05, 0.1) is 6.10 Å². The molecule has 1 aromatic rings. The van der Waals surface area contributed by atoms with Crippen LogP contribution < -0.4 is 10.1 Å². The fourth-order valence-electron chi connectivity index (χ4n) is 1.62. The first-order valence-corrected chi connectivity index (χ1v) is 7.20. The Balaban J connectivity index is 2.48. The van der Waals surface area contributed by atoms with Crippen molar-refractivity contribution < 1.29 is 19.4 Å². The molecule has 1 rings (SSSR count). The number of benzene rings is 1. The van der Waals surface area contributed by atoms with Crippen molar-refractivity contribution in [2.75, 3.05) is 26.9 Å². The molecule has 1 amide bonds. The van der Waals surface area contributed by atoms with E-state index >= 15 is 0 Å². The van der Waals surface area contributed by atoms with Crippen molar-refractivity contribution in [3.63, 3.8) is 0 Å². The Morgan fingerprint density at radius 3 is 2.90 bits per heavy atom. The Bertz CT molecular complexity index is 437. The molecule has 0 radical (unpaired) electrons. The summed E-state index contributed by atoms with van der Waals surface area (Å²) in [6, 6.07) is 5.32. The average Bonchev–Trinajstić information content (AvgIpc) is 2.41. The quantitative estimate of drug-likeness (QED) is 0.707. The van der Waals surface area contributed by atoms with Gasteiger partial charge in [-0.1, -0.05) is 22.0 Å². The van der Waals surface area contributed by atoms with E-state index in [1.165, 1.54) is 0 Å². The summed E-state index contributed by atoms with van der Waals surface area (Å²) in [6.45, 7) is 2.74. The molecule has 0 bridgehead atoms. The topological polar surface area (TPSA) is 67.8 Å². The molecule has 0 aliphatic carbocycles. The molecule has 0 spiro atoms. The lowest BCUT2D eigenvalue weighted by Crippen LogP contribution is -2.30. The summed E-state index contributed by atoms with van der Waals surface area (Å²) in [5.41, 5.74) is 0.653. The van der Waals surface area contributed by atoms with Crippen LogP contribution in [0.15, 0.2) is 22.7 Å². The Morgan fingerprint density at radius 1 is 1.50 bits per heavy atom. The second kappa shape index (κ2) is 8.94. The van der Waals surface area contributed by atoms with Crippen LogP contribution in [0.3, 0.4) is 0 Å². The van der Waals surface area contributed by atoms with Gasteiger partial charge in [0.1, 0.15) is 5.75 Å². The van der Waals surface area contributed by atoms with Gasteiger partial charge < -0.3 is 19.9 Å². The molecule has 0 fully saturated rings. The van der Waals surface area contributed by atoms with Gasteiger partial charge in [-0.2, -0.15) is 0 Å². The number of aliphatic hydroxyl groups excluding tert-OH is 1. The number of nitrogens with one attached hydrogen (secondary N) is 1. The van der Waals surface area contributed by atoms with Crippen LogP contribution in [0.2, 0.25) is 0 Å². The first-order chi connectivity index (χ1) is 9.54. The molecule has 2 N–H and O–H groups in total. The minimum Gasteiger partial charge on any atom is -0.483 e. The molecule has 0 saturated carbocycles. The SMILES string of the molecule is COCCCNC(=O)COc1cc(Br)ccc1[C@H](C)O. The van der Waals surface area contributed by atoms with E-state index < -0.39 is 6.10 Å². The van der Waals surface area contributed by atoms with E-state index in [1.807, 2.05) is 6.07 Å². The summed E-state index contributed by atoms with van der Waals surface area (Å²) < 4.78 is 11.2. The number of ether oxygens (including phenoxy) is 2. The molecule has 0 unspecified atom stereocenters. The van der Waals surface area contributed by atoms with Gasteiger partial charge >= 0.3 is 0 Å². The summed E-state index contributed by atoms with van der Waals surface area (Å²) in [7, 11) is 1.62. The van der Waals surface area contributed by atoms with Gasteiger partial charge in [-0.05, 0) is 25.5 Å². The van der Waals surface area contributed by atoms with Crippen molar-refractivity contribution in [1.29, 1.82) is 0 Å². The van der Waals surface area contributed by atoms with Crippen LogP contribution in [-0.2, 0) is 9.53 Å². The third-order valence-electron chi connectivity index (χ3n) is 2.63. The highest BCUT2D eigenvalue weighted by Crippen LogP contribution is 2.28. The Kier molecular flexibility index (Phi) is 7.58. The lowest BCUT2D eigenvalue weighted by Gasteiger charge is -2.13. The number of carbonyl (C=O) groups excluding carboxylic acids is 1.